The number of rotatable bonds is 7. The van der Waals surface area contributed by atoms with E-state index in [-0.39, 0.29) is 82.6 Å². The summed E-state index contributed by atoms with van der Waals surface area (Å²) in [4.78, 5) is 40.4. The third-order valence-corrected chi connectivity index (χ3v) is 14.8. The Morgan fingerprint density at radius 3 is 2.62 bits per heavy atom. The molecule has 0 spiro atoms. The highest BCUT2D eigenvalue weighted by atomic mass is 32.2. The average molecular weight is 642 g/mol. The minimum Gasteiger partial charge on any atom is -0.393 e. The Morgan fingerprint density at radius 2 is 1.89 bits per heavy atom. The zero-order chi connectivity index (χ0) is 32.4. The molecule has 10 heteroatoms. The van der Waals surface area contributed by atoms with Crippen LogP contribution in [0.2, 0.25) is 0 Å². The Balaban J connectivity index is 1.07. The SMILES string of the molecule is C#CCNC(=O)C1=C(C)CSC2[C@@H](NC(=O)CC[C@@H](C)[C@H]3CC[C@H]4[C@@H]5[C@H](O)C[C@@H]6C[C@H](O)CC[C@]6(C)[C@H]5C[C@H](O)[C@]34C)C(=O)N12. The van der Waals surface area contributed by atoms with Crippen molar-refractivity contribution in [2.75, 3.05) is 12.3 Å². The molecule has 4 aliphatic carbocycles. The fourth-order valence-electron chi connectivity index (χ4n) is 10.9. The lowest BCUT2D eigenvalue weighted by molar-refractivity contribution is -0.207. The first-order chi connectivity index (χ1) is 21.3. The van der Waals surface area contributed by atoms with Crippen molar-refractivity contribution in [2.24, 2.45) is 46.3 Å². The number of aliphatic hydroxyl groups is 3. The van der Waals surface area contributed by atoms with Crippen LogP contribution in [0.5, 0.6) is 0 Å². The maximum absolute atomic E-state index is 13.2. The second kappa shape index (κ2) is 12.2. The van der Waals surface area contributed by atoms with Crippen LogP contribution in [0.3, 0.4) is 0 Å². The minimum absolute atomic E-state index is 0.0408. The molecule has 6 aliphatic rings. The number of terminal acetylenes is 1. The van der Waals surface area contributed by atoms with Crippen LogP contribution in [0.15, 0.2) is 11.3 Å². The summed E-state index contributed by atoms with van der Waals surface area (Å²) in [6.45, 7) is 8.68. The first kappa shape index (κ1) is 32.9. The number of β-lactam (4-membered cyclic amide) rings is 1. The van der Waals surface area contributed by atoms with Crippen LogP contribution >= 0.6 is 11.8 Å². The average Bonchev–Trinajstić information content (AvgIpc) is 3.37. The van der Waals surface area contributed by atoms with E-state index in [9.17, 15) is 29.7 Å². The topological polar surface area (TPSA) is 139 Å². The van der Waals surface area contributed by atoms with E-state index in [1.165, 1.54) is 4.90 Å². The van der Waals surface area contributed by atoms with Crippen LogP contribution in [0, 0.1) is 58.7 Å². The zero-order valence-electron chi connectivity index (χ0n) is 27.1. The van der Waals surface area contributed by atoms with Crippen LogP contribution in [-0.2, 0) is 14.4 Å². The lowest BCUT2D eigenvalue weighted by atomic mass is 9.43. The highest BCUT2D eigenvalue weighted by Crippen LogP contribution is 2.68. The fraction of sp³-hybridized carbons (Fsp3) is 0.800. The predicted octanol–water partition coefficient (Wildman–Crippen LogP) is 2.79. The molecule has 45 heavy (non-hydrogen) atoms. The smallest absolute Gasteiger partial charge is 0.268 e. The first-order valence-electron chi connectivity index (χ1n) is 17.0. The van der Waals surface area contributed by atoms with Crippen molar-refractivity contribution < 1.29 is 29.7 Å². The van der Waals surface area contributed by atoms with Crippen molar-refractivity contribution in [3.63, 3.8) is 0 Å². The molecule has 5 N–H and O–H groups in total. The van der Waals surface area contributed by atoms with Crippen LogP contribution in [0.1, 0.15) is 85.5 Å². The number of nitrogens with one attached hydrogen (secondary N) is 2. The predicted molar refractivity (Wildman–Crippen MR) is 172 cm³/mol. The second-order valence-electron chi connectivity index (χ2n) is 15.5. The zero-order valence-corrected chi connectivity index (χ0v) is 27.9. The molecular weight excluding hydrogens is 590 g/mol. The lowest BCUT2D eigenvalue weighted by Gasteiger charge is -2.63. The Bertz CT molecular complexity index is 1300. The molecule has 0 aromatic rings. The maximum atomic E-state index is 13.2. The fourth-order valence-corrected chi connectivity index (χ4v) is 12.2. The number of carbonyl (C=O) groups excluding carboxylic acids is 3. The van der Waals surface area contributed by atoms with Gasteiger partial charge in [-0.25, -0.2) is 0 Å². The van der Waals surface area contributed by atoms with E-state index in [1.807, 2.05) is 6.92 Å². The summed E-state index contributed by atoms with van der Waals surface area (Å²) in [6.07, 6.45) is 10.9. The molecule has 248 valence electrons. The van der Waals surface area contributed by atoms with Gasteiger partial charge in [-0.2, -0.15) is 0 Å². The maximum Gasteiger partial charge on any atom is 0.268 e. The summed E-state index contributed by atoms with van der Waals surface area (Å²) in [7, 11) is 0. The summed E-state index contributed by atoms with van der Waals surface area (Å²) in [5, 5.41) is 39.0. The molecule has 0 bridgehead atoms. The van der Waals surface area contributed by atoms with Crippen molar-refractivity contribution in [3.8, 4) is 12.3 Å². The molecule has 6 rings (SSSR count). The Labute approximate surface area is 271 Å². The van der Waals surface area contributed by atoms with E-state index in [4.69, 9.17) is 6.42 Å². The van der Waals surface area contributed by atoms with E-state index >= 15 is 0 Å². The van der Waals surface area contributed by atoms with Gasteiger partial charge < -0.3 is 26.0 Å². The van der Waals surface area contributed by atoms with Gasteiger partial charge in [0.15, 0.2) is 0 Å². The van der Waals surface area contributed by atoms with Gasteiger partial charge in [0.25, 0.3) is 11.8 Å². The molecule has 9 nitrogen and oxygen atoms in total. The number of amides is 3. The molecular formula is C35H51N3O6S. The summed E-state index contributed by atoms with van der Waals surface area (Å²) >= 11 is 1.54. The number of hydrogen-bond donors (Lipinski definition) is 5. The lowest BCUT2D eigenvalue weighted by Crippen LogP contribution is -2.71. The molecule has 1 saturated heterocycles. The Hall–Kier alpha value is -2.06. The minimum atomic E-state index is -0.661. The number of fused-ring (bicyclic) bond motifs is 6. The van der Waals surface area contributed by atoms with Gasteiger partial charge in [-0.3, -0.25) is 19.3 Å². The number of aliphatic hydroxyl groups excluding tert-OH is 3. The van der Waals surface area contributed by atoms with Crippen molar-refractivity contribution in [2.45, 2.75) is 115 Å². The van der Waals surface area contributed by atoms with Gasteiger partial charge in [0.05, 0.1) is 24.9 Å². The first-order valence-corrected chi connectivity index (χ1v) is 18.1. The van der Waals surface area contributed by atoms with Crippen molar-refractivity contribution in [1.29, 1.82) is 0 Å². The van der Waals surface area contributed by atoms with Gasteiger partial charge in [-0.15, -0.1) is 18.2 Å². The van der Waals surface area contributed by atoms with Crippen LogP contribution in [0.4, 0.5) is 0 Å². The molecule has 2 aliphatic heterocycles. The summed E-state index contributed by atoms with van der Waals surface area (Å²) in [6, 6.07) is -0.661. The van der Waals surface area contributed by atoms with E-state index in [2.05, 4.69) is 37.3 Å². The molecule has 0 radical (unpaired) electrons. The van der Waals surface area contributed by atoms with Gasteiger partial charge in [0.1, 0.15) is 17.1 Å². The van der Waals surface area contributed by atoms with E-state index in [0.29, 0.717) is 30.2 Å². The highest BCUT2D eigenvalue weighted by molar-refractivity contribution is 8.00. The van der Waals surface area contributed by atoms with Gasteiger partial charge in [-0.05, 0) is 110 Å². The van der Waals surface area contributed by atoms with Gasteiger partial charge in [0.2, 0.25) is 5.91 Å². The third-order valence-electron chi connectivity index (χ3n) is 13.4. The number of nitrogens with zero attached hydrogens (tertiary/aromatic N) is 1. The van der Waals surface area contributed by atoms with Gasteiger partial charge in [0, 0.05) is 12.2 Å². The van der Waals surface area contributed by atoms with Gasteiger partial charge >= 0.3 is 0 Å². The van der Waals surface area contributed by atoms with Crippen LogP contribution in [0.25, 0.3) is 0 Å². The van der Waals surface area contributed by atoms with E-state index in [0.717, 1.165) is 44.1 Å². The molecule has 2 heterocycles. The monoisotopic (exact) mass is 641 g/mol. The van der Waals surface area contributed by atoms with Crippen molar-refractivity contribution in [1.82, 2.24) is 15.5 Å². The van der Waals surface area contributed by atoms with Crippen molar-refractivity contribution >= 4 is 29.5 Å². The molecule has 13 atom stereocenters. The largest absolute Gasteiger partial charge is 0.393 e. The molecule has 0 aromatic heterocycles. The number of hydrogen-bond acceptors (Lipinski definition) is 7. The van der Waals surface area contributed by atoms with Crippen LogP contribution in [-0.4, -0.2) is 80.0 Å². The molecule has 4 saturated carbocycles. The second-order valence-corrected chi connectivity index (χ2v) is 16.6. The van der Waals surface area contributed by atoms with Crippen LogP contribution < -0.4 is 10.6 Å². The number of thioether (sulfide) groups is 1. The van der Waals surface area contributed by atoms with E-state index < -0.39 is 18.2 Å². The molecule has 5 fully saturated rings. The molecule has 3 amide bonds. The number of carbonyl (C=O) groups is 3. The quantitative estimate of drug-likeness (QED) is 0.213. The summed E-state index contributed by atoms with van der Waals surface area (Å²) in [5.41, 5.74) is 0.867. The summed E-state index contributed by atoms with van der Waals surface area (Å²) in [5.74, 6) is 3.54. The Morgan fingerprint density at radius 1 is 1.13 bits per heavy atom. The standard InChI is InChI=1S/C35H51N3O6S/c1-6-13-36-31(43)30-19(3)17-45-33-29(32(44)38(30)33)37-27(42)10-7-18(2)22-8-9-23-28-24(16-26(41)35(22,23)5)34(4)12-11-21(39)14-20(34)15-25(28)40/h1,18,20-26,28-29,33,39-41H,7-17H2,2-5H3,(H,36,43)(H,37,42)/t18-,20+,21-,22-,23+,24+,25-,26+,28+,29+,33?,34+,35-/m1/s1. The molecule has 0 aromatic carbocycles. The van der Waals surface area contributed by atoms with E-state index in [1.54, 1.807) is 11.8 Å². The Kier molecular flexibility index (Phi) is 8.90. The highest BCUT2D eigenvalue weighted by Gasteiger charge is 2.65. The van der Waals surface area contributed by atoms with Crippen molar-refractivity contribution in [3.05, 3.63) is 11.3 Å². The normalized spacial score (nSPS) is 44.4. The molecule has 1 unspecified atom stereocenters. The summed E-state index contributed by atoms with van der Waals surface area (Å²) < 4.78 is 0. The van der Waals surface area contributed by atoms with Gasteiger partial charge in [-0.1, -0.05) is 26.7 Å². The third kappa shape index (κ3) is 5.25.